The first-order chi connectivity index (χ1) is 8.17. The molecule has 0 aromatic carbocycles. The summed E-state index contributed by atoms with van der Waals surface area (Å²) in [6.45, 7) is 4.76. The number of nitrogens with one attached hydrogen (secondary N) is 2. The summed E-state index contributed by atoms with van der Waals surface area (Å²) in [6, 6.07) is 0.370. The third-order valence-electron chi connectivity index (χ3n) is 3.44. The second kappa shape index (κ2) is 7.67. The van der Waals surface area contributed by atoms with Gasteiger partial charge in [-0.1, -0.05) is 6.92 Å². The number of rotatable bonds is 6. The van der Waals surface area contributed by atoms with E-state index < -0.39 is 0 Å². The molecule has 0 radical (unpaired) electrons. The van der Waals surface area contributed by atoms with Crippen molar-refractivity contribution in [3.05, 3.63) is 0 Å². The van der Waals surface area contributed by atoms with E-state index in [2.05, 4.69) is 17.6 Å². The van der Waals surface area contributed by atoms with Gasteiger partial charge < -0.3 is 15.4 Å². The molecule has 2 N–H and O–H groups in total. The van der Waals surface area contributed by atoms with Crippen molar-refractivity contribution < 1.29 is 9.53 Å². The molecular formula is C13H26N2O2. The van der Waals surface area contributed by atoms with Gasteiger partial charge in [-0.15, -0.1) is 0 Å². The zero-order valence-corrected chi connectivity index (χ0v) is 11.3. The van der Waals surface area contributed by atoms with Crippen LogP contribution in [-0.4, -0.2) is 37.7 Å². The average molecular weight is 242 g/mol. The molecular weight excluding hydrogens is 216 g/mol. The SMILES string of the molecule is CCCNC(=O)C(C)NC1CCC(OC)CC1. The first-order valence-electron chi connectivity index (χ1n) is 6.74. The predicted molar refractivity (Wildman–Crippen MR) is 69.0 cm³/mol. The number of ether oxygens (including phenoxy) is 1. The predicted octanol–water partition coefficient (Wildman–Crippen LogP) is 1.45. The number of hydrogen-bond donors (Lipinski definition) is 2. The zero-order valence-electron chi connectivity index (χ0n) is 11.3. The molecule has 1 amide bonds. The molecule has 1 fully saturated rings. The summed E-state index contributed by atoms with van der Waals surface area (Å²) >= 11 is 0. The zero-order chi connectivity index (χ0) is 12.7. The average Bonchev–Trinajstić information content (AvgIpc) is 2.36. The highest BCUT2D eigenvalue weighted by Crippen LogP contribution is 2.20. The first kappa shape index (κ1) is 14.5. The van der Waals surface area contributed by atoms with Crippen LogP contribution in [0, 0.1) is 0 Å². The summed E-state index contributed by atoms with van der Waals surface area (Å²) in [5.41, 5.74) is 0. The summed E-state index contributed by atoms with van der Waals surface area (Å²) in [4.78, 5) is 11.7. The summed E-state index contributed by atoms with van der Waals surface area (Å²) in [7, 11) is 1.78. The number of amides is 1. The fourth-order valence-corrected chi connectivity index (χ4v) is 2.30. The van der Waals surface area contributed by atoms with Crippen molar-refractivity contribution in [2.75, 3.05) is 13.7 Å². The molecule has 4 nitrogen and oxygen atoms in total. The van der Waals surface area contributed by atoms with E-state index in [0.29, 0.717) is 12.1 Å². The van der Waals surface area contributed by atoms with E-state index in [4.69, 9.17) is 4.74 Å². The topological polar surface area (TPSA) is 50.4 Å². The molecule has 0 saturated heterocycles. The number of methoxy groups -OCH3 is 1. The van der Waals surface area contributed by atoms with Gasteiger partial charge in [0.1, 0.15) is 0 Å². The van der Waals surface area contributed by atoms with E-state index in [9.17, 15) is 4.79 Å². The van der Waals surface area contributed by atoms with Crippen molar-refractivity contribution in [1.82, 2.24) is 10.6 Å². The van der Waals surface area contributed by atoms with Crippen molar-refractivity contribution in [3.8, 4) is 0 Å². The van der Waals surface area contributed by atoms with Gasteiger partial charge in [0.2, 0.25) is 5.91 Å². The maximum Gasteiger partial charge on any atom is 0.236 e. The van der Waals surface area contributed by atoms with Crippen molar-refractivity contribution >= 4 is 5.91 Å². The molecule has 1 aliphatic rings. The minimum atomic E-state index is -0.0920. The monoisotopic (exact) mass is 242 g/mol. The van der Waals surface area contributed by atoms with Crippen LogP contribution in [0.15, 0.2) is 0 Å². The molecule has 0 bridgehead atoms. The molecule has 0 spiro atoms. The van der Waals surface area contributed by atoms with Crippen LogP contribution in [0.4, 0.5) is 0 Å². The van der Waals surface area contributed by atoms with Crippen LogP contribution in [0.2, 0.25) is 0 Å². The smallest absolute Gasteiger partial charge is 0.236 e. The second-order valence-corrected chi connectivity index (χ2v) is 4.89. The van der Waals surface area contributed by atoms with Crippen LogP contribution < -0.4 is 10.6 Å². The quantitative estimate of drug-likeness (QED) is 0.741. The largest absolute Gasteiger partial charge is 0.381 e. The normalized spacial score (nSPS) is 26.5. The van der Waals surface area contributed by atoms with Crippen LogP contribution in [0.25, 0.3) is 0 Å². The van der Waals surface area contributed by atoms with E-state index in [1.165, 1.54) is 0 Å². The van der Waals surface area contributed by atoms with E-state index in [-0.39, 0.29) is 11.9 Å². The van der Waals surface area contributed by atoms with E-state index in [0.717, 1.165) is 38.6 Å². The standard InChI is InChI=1S/C13H26N2O2/c1-4-9-14-13(16)10(2)15-11-5-7-12(17-3)8-6-11/h10-12,15H,4-9H2,1-3H3,(H,14,16). The van der Waals surface area contributed by atoms with Gasteiger partial charge in [-0.2, -0.15) is 0 Å². The van der Waals surface area contributed by atoms with Crippen molar-refractivity contribution in [2.45, 2.75) is 64.1 Å². The van der Waals surface area contributed by atoms with Gasteiger partial charge in [-0.3, -0.25) is 4.79 Å². The van der Waals surface area contributed by atoms with E-state index in [1.54, 1.807) is 7.11 Å². The highest BCUT2D eigenvalue weighted by atomic mass is 16.5. The molecule has 0 aromatic rings. The summed E-state index contributed by atoms with van der Waals surface area (Å²) < 4.78 is 5.34. The minimum Gasteiger partial charge on any atom is -0.381 e. The molecule has 4 heteroatoms. The van der Waals surface area contributed by atoms with Gasteiger partial charge in [0.15, 0.2) is 0 Å². The molecule has 1 atom stereocenters. The summed E-state index contributed by atoms with van der Waals surface area (Å²) in [5, 5.41) is 6.32. The van der Waals surface area contributed by atoms with Crippen molar-refractivity contribution in [3.63, 3.8) is 0 Å². The molecule has 17 heavy (non-hydrogen) atoms. The van der Waals surface area contributed by atoms with Gasteiger partial charge in [-0.05, 0) is 39.0 Å². The number of carbonyl (C=O) groups is 1. The van der Waals surface area contributed by atoms with Crippen LogP contribution in [0.3, 0.4) is 0 Å². The second-order valence-electron chi connectivity index (χ2n) is 4.89. The fourth-order valence-electron chi connectivity index (χ4n) is 2.30. The molecule has 0 aromatic heterocycles. The molecule has 100 valence electrons. The Labute approximate surface area is 104 Å². The molecule has 1 rings (SSSR count). The van der Waals surface area contributed by atoms with Gasteiger partial charge in [-0.25, -0.2) is 0 Å². The fraction of sp³-hybridized carbons (Fsp3) is 0.923. The Hall–Kier alpha value is -0.610. The lowest BCUT2D eigenvalue weighted by atomic mass is 9.92. The van der Waals surface area contributed by atoms with E-state index >= 15 is 0 Å². The Morgan fingerprint density at radius 1 is 1.35 bits per heavy atom. The van der Waals surface area contributed by atoms with Crippen molar-refractivity contribution in [2.24, 2.45) is 0 Å². The minimum absolute atomic E-state index is 0.0920. The third-order valence-corrected chi connectivity index (χ3v) is 3.44. The van der Waals surface area contributed by atoms with Gasteiger partial charge in [0.05, 0.1) is 12.1 Å². The lowest BCUT2D eigenvalue weighted by Crippen LogP contribution is -2.48. The maximum atomic E-state index is 11.7. The van der Waals surface area contributed by atoms with E-state index in [1.807, 2.05) is 6.92 Å². The van der Waals surface area contributed by atoms with Crippen LogP contribution >= 0.6 is 0 Å². The van der Waals surface area contributed by atoms with Gasteiger partial charge in [0, 0.05) is 19.7 Å². The van der Waals surface area contributed by atoms with Crippen LogP contribution in [-0.2, 0) is 9.53 Å². The molecule has 1 aliphatic carbocycles. The van der Waals surface area contributed by atoms with Crippen LogP contribution in [0.1, 0.15) is 46.0 Å². The molecule has 1 unspecified atom stereocenters. The maximum absolute atomic E-state index is 11.7. The Morgan fingerprint density at radius 3 is 2.53 bits per heavy atom. The summed E-state index contributed by atoms with van der Waals surface area (Å²) in [5.74, 6) is 0.112. The highest BCUT2D eigenvalue weighted by Gasteiger charge is 2.23. The lowest BCUT2D eigenvalue weighted by Gasteiger charge is -2.30. The molecule has 1 saturated carbocycles. The summed E-state index contributed by atoms with van der Waals surface area (Å²) in [6.07, 6.45) is 5.79. The molecule has 0 heterocycles. The molecule has 0 aliphatic heterocycles. The Bertz CT molecular complexity index is 225. The highest BCUT2D eigenvalue weighted by molar-refractivity contribution is 5.81. The third kappa shape index (κ3) is 5.04. The lowest BCUT2D eigenvalue weighted by molar-refractivity contribution is -0.123. The first-order valence-corrected chi connectivity index (χ1v) is 6.74. The Morgan fingerprint density at radius 2 is 2.00 bits per heavy atom. The Kier molecular flexibility index (Phi) is 6.52. The van der Waals surface area contributed by atoms with Crippen molar-refractivity contribution in [1.29, 1.82) is 0 Å². The Balaban J connectivity index is 2.22. The van der Waals surface area contributed by atoms with Gasteiger partial charge >= 0.3 is 0 Å². The van der Waals surface area contributed by atoms with Crippen LogP contribution in [0.5, 0.6) is 0 Å². The number of carbonyl (C=O) groups excluding carboxylic acids is 1. The van der Waals surface area contributed by atoms with Gasteiger partial charge in [0.25, 0.3) is 0 Å². The number of hydrogen-bond acceptors (Lipinski definition) is 3.